The Balaban J connectivity index is 4.32. The monoisotopic (exact) mass is 1100 g/mol. The summed E-state index contributed by atoms with van der Waals surface area (Å²) >= 11 is 0. The highest BCUT2D eigenvalue weighted by molar-refractivity contribution is 5.71. The van der Waals surface area contributed by atoms with Crippen LogP contribution in [0.3, 0.4) is 0 Å². The van der Waals surface area contributed by atoms with Gasteiger partial charge in [0.1, 0.15) is 13.2 Å². The van der Waals surface area contributed by atoms with Crippen LogP contribution in [0.15, 0.2) is 85.1 Å². The highest BCUT2D eigenvalue weighted by Crippen LogP contribution is 2.16. The van der Waals surface area contributed by atoms with Gasteiger partial charge in [0.2, 0.25) is 0 Å². The van der Waals surface area contributed by atoms with E-state index in [4.69, 9.17) is 14.2 Å². The van der Waals surface area contributed by atoms with E-state index in [-0.39, 0.29) is 31.1 Å². The van der Waals surface area contributed by atoms with Crippen molar-refractivity contribution in [3.8, 4) is 0 Å². The molecule has 0 aliphatic carbocycles. The van der Waals surface area contributed by atoms with Crippen molar-refractivity contribution in [2.24, 2.45) is 0 Å². The summed E-state index contributed by atoms with van der Waals surface area (Å²) in [6.07, 6.45) is 88.8. The molecule has 6 heteroatoms. The van der Waals surface area contributed by atoms with Gasteiger partial charge in [-0.25, -0.2) is 0 Å². The number of esters is 3. The van der Waals surface area contributed by atoms with Crippen LogP contribution < -0.4 is 0 Å². The molecule has 6 nitrogen and oxygen atoms in total. The normalized spacial score (nSPS) is 12.6. The summed E-state index contributed by atoms with van der Waals surface area (Å²) in [6, 6.07) is 0. The molecule has 0 amide bonds. The van der Waals surface area contributed by atoms with Gasteiger partial charge < -0.3 is 14.2 Å². The molecule has 0 aromatic carbocycles. The minimum atomic E-state index is -0.787. The van der Waals surface area contributed by atoms with E-state index in [2.05, 4.69) is 106 Å². The number of carbonyl (C=O) groups is 3. The second-order valence-corrected chi connectivity index (χ2v) is 22.7. The van der Waals surface area contributed by atoms with E-state index in [1.54, 1.807) is 0 Å². The van der Waals surface area contributed by atoms with Crippen LogP contribution in [-0.4, -0.2) is 37.2 Å². The van der Waals surface area contributed by atoms with Crippen molar-refractivity contribution in [2.45, 2.75) is 348 Å². The first-order valence-electron chi connectivity index (χ1n) is 34.1. The Morgan fingerprint density at radius 2 is 0.456 bits per heavy atom. The molecule has 0 heterocycles. The third-order valence-corrected chi connectivity index (χ3v) is 14.8. The highest BCUT2D eigenvalue weighted by Gasteiger charge is 2.19. The Labute approximate surface area is 490 Å². The first-order valence-corrected chi connectivity index (χ1v) is 34.1. The Kier molecular flexibility index (Phi) is 64.2. The van der Waals surface area contributed by atoms with Crippen LogP contribution in [0.5, 0.6) is 0 Å². The molecule has 0 radical (unpaired) electrons. The lowest BCUT2D eigenvalue weighted by atomic mass is 10.0. The van der Waals surface area contributed by atoms with Gasteiger partial charge in [-0.3, -0.25) is 14.4 Å². The van der Waals surface area contributed by atoms with Crippen LogP contribution in [0.1, 0.15) is 342 Å². The van der Waals surface area contributed by atoms with Crippen LogP contribution in [0.2, 0.25) is 0 Å². The fraction of sp³-hybridized carbons (Fsp3) is 0.767. The van der Waals surface area contributed by atoms with Crippen molar-refractivity contribution in [3.63, 3.8) is 0 Å². The van der Waals surface area contributed by atoms with Gasteiger partial charge in [-0.15, -0.1) is 0 Å². The average molecular weight is 1100 g/mol. The third kappa shape index (κ3) is 65.3. The maximum Gasteiger partial charge on any atom is 0.306 e. The van der Waals surface area contributed by atoms with Gasteiger partial charge in [0.25, 0.3) is 0 Å². The number of allylic oxidation sites excluding steroid dienone is 14. The number of hydrogen-bond donors (Lipinski definition) is 0. The van der Waals surface area contributed by atoms with Gasteiger partial charge in [-0.1, -0.05) is 286 Å². The summed E-state index contributed by atoms with van der Waals surface area (Å²) < 4.78 is 17.0. The SMILES string of the molecule is CCCCC/C=C\C/C=C\CCCCCCCCCCCC(=O)OC(COC(=O)CCCCCCC/C=C\C/C=C\CCCCC)COC(=O)CCCCCCCCCCCCCC/C=C\C/C=C\C/C=C\CCCCCCC. The van der Waals surface area contributed by atoms with E-state index in [9.17, 15) is 14.4 Å². The maximum atomic E-state index is 12.9. The molecule has 0 aliphatic heterocycles. The summed E-state index contributed by atoms with van der Waals surface area (Å²) in [4.78, 5) is 38.4. The zero-order chi connectivity index (χ0) is 57.1. The summed E-state index contributed by atoms with van der Waals surface area (Å²) in [5.74, 6) is -0.888. The van der Waals surface area contributed by atoms with Crippen LogP contribution >= 0.6 is 0 Å². The van der Waals surface area contributed by atoms with Crippen LogP contribution in [0.4, 0.5) is 0 Å². The lowest BCUT2D eigenvalue weighted by Crippen LogP contribution is -2.30. The Morgan fingerprint density at radius 3 is 0.734 bits per heavy atom. The molecule has 0 aromatic rings. The molecule has 0 N–H and O–H groups in total. The molecule has 0 spiro atoms. The third-order valence-electron chi connectivity index (χ3n) is 14.8. The molecular weight excluding hydrogens is 973 g/mol. The van der Waals surface area contributed by atoms with E-state index in [1.165, 1.54) is 205 Å². The Bertz CT molecular complexity index is 1500. The van der Waals surface area contributed by atoms with Crippen molar-refractivity contribution in [1.82, 2.24) is 0 Å². The Morgan fingerprint density at radius 1 is 0.253 bits per heavy atom. The number of unbranched alkanes of at least 4 members (excludes halogenated alkanes) is 37. The molecule has 456 valence electrons. The smallest absolute Gasteiger partial charge is 0.306 e. The molecule has 0 aromatic heterocycles. The quantitative estimate of drug-likeness (QED) is 0.0261. The number of ether oxygens (including phenoxy) is 3. The lowest BCUT2D eigenvalue weighted by molar-refractivity contribution is -0.167. The predicted molar refractivity (Wildman–Crippen MR) is 344 cm³/mol. The molecule has 0 fully saturated rings. The molecule has 0 rings (SSSR count). The first-order chi connectivity index (χ1) is 39.0. The summed E-state index contributed by atoms with van der Waals surface area (Å²) in [6.45, 7) is 6.60. The molecule has 0 aliphatic rings. The van der Waals surface area contributed by atoms with E-state index in [1.807, 2.05) is 0 Å². The molecular formula is C73H128O6. The molecule has 0 bridgehead atoms. The molecule has 0 saturated carbocycles. The van der Waals surface area contributed by atoms with Gasteiger partial charge in [0, 0.05) is 19.3 Å². The fourth-order valence-electron chi connectivity index (χ4n) is 9.69. The first kappa shape index (κ1) is 75.6. The summed E-state index contributed by atoms with van der Waals surface area (Å²) in [5, 5.41) is 0. The van der Waals surface area contributed by atoms with Gasteiger partial charge in [0.15, 0.2) is 6.10 Å². The van der Waals surface area contributed by atoms with E-state index in [0.29, 0.717) is 19.3 Å². The average Bonchev–Trinajstić information content (AvgIpc) is 3.45. The molecule has 0 saturated heterocycles. The van der Waals surface area contributed by atoms with Crippen LogP contribution in [0, 0.1) is 0 Å². The number of carbonyl (C=O) groups excluding carboxylic acids is 3. The zero-order valence-electron chi connectivity index (χ0n) is 52.4. The molecule has 79 heavy (non-hydrogen) atoms. The maximum absolute atomic E-state index is 12.9. The molecule has 1 atom stereocenters. The standard InChI is InChI=1S/C73H128O6/c1-4-7-10-13-16-19-22-25-28-30-32-33-34-35-36-37-38-39-41-42-45-48-51-54-57-60-63-66-72(75)78-69-70(68-77-71(74)65-62-59-56-53-50-47-44-27-24-21-18-15-12-9-6-3)79-73(76)67-64-61-58-55-52-49-46-43-40-31-29-26-23-20-17-14-11-8-5-2/h17-18,20-22,25-27,29-30,32,34-35,44,70H,4-16,19,23-24,28,31,33,36-43,45-69H2,1-3H3/b20-17-,21-18-,25-22-,29-26-,32-30-,35-34-,44-27-. The van der Waals surface area contributed by atoms with Crippen LogP contribution in [-0.2, 0) is 28.6 Å². The second kappa shape index (κ2) is 67.1. The molecule has 1 unspecified atom stereocenters. The van der Waals surface area contributed by atoms with Crippen molar-refractivity contribution >= 4 is 17.9 Å². The zero-order valence-corrected chi connectivity index (χ0v) is 52.4. The van der Waals surface area contributed by atoms with E-state index in [0.717, 1.165) is 96.3 Å². The van der Waals surface area contributed by atoms with E-state index < -0.39 is 6.10 Å². The topological polar surface area (TPSA) is 78.9 Å². The van der Waals surface area contributed by atoms with Gasteiger partial charge in [0.05, 0.1) is 0 Å². The van der Waals surface area contributed by atoms with Gasteiger partial charge in [-0.2, -0.15) is 0 Å². The highest BCUT2D eigenvalue weighted by atomic mass is 16.6. The fourth-order valence-corrected chi connectivity index (χ4v) is 9.69. The van der Waals surface area contributed by atoms with Gasteiger partial charge in [-0.05, 0) is 122 Å². The largest absolute Gasteiger partial charge is 0.462 e. The van der Waals surface area contributed by atoms with Crippen molar-refractivity contribution in [1.29, 1.82) is 0 Å². The predicted octanol–water partition coefficient (Wildman–Crippen LogP) is 23.4. The minimum absolute atomic E-state index is 0.0823. The van der Waals surface area contributed by atoms with Crippen molar-refractivity contribution in [2.75, 3.05) is 13.2 Å². The van der Waals surface area contributed by atoms with Crippen molar-refractivity contribution < 1.29 is 28.6 Å². The Hall–Kier alpha value is -3.41. The van der Waals surface area contributed by atoms with Gasteiger partial charge >= 0.3 is 17.9 Å². The van der Waals surface area contributed by atoms with Crippen molar-refractivity contribution in [3.05, 3.63) is 85.1 Å². The van der Waals surface area contributed by atoms with Crippen LogP contribution in [0.25, 0.3) is 0 Å². The minimum Gasteiger partial charge on any atom is -0.462 e. The van der Waals surface area contributed by atoms with E-state index >= 15 is 0 Å². The lowest BCUT2D eigenvalue weighted by Gasteiger charge is -2.18. The number of hydrogen-bond acceptors (Lipinski definition) is 6. The summed E-state index contributed by atoms with van der Waals surface area (Å²) in [5.41, 5.74) is 0. The second-order valence-electron chi connectivity index (χ2n) is 22.7. The summed E-state index contributed by atoms with van der Waals surface area (Å²) in [7, 11) is 0. The number of rotatable bonds is 62.